The number of hydrogen-bond donors (Lipinski definition) is 1. The van der Waals surface area contributed by atoms with Crippen molar-refractivity contribution in [3.8, 4) is 11.5 Å². The van der Waals surface area contributed by atoms with Crippen molar-refractivity contribution in [2.75, 3.05) is 27.4 Å². The van der Waals surface area contributed by atoms with E-state index in [0.717, 1.165) is 0 Å². The van der Waals surface area contributed by atoms with Crippen molar-refractivity contribution in [3.63, 3.8) is 0 Å². The Balaban J connectivity index is 1.96. The van der Waals surface area contributed by atoms with Gasteiger partial charge in [0.1, 0.15) is 5.58 Å². The summed E-state index contributed by atoms with van der Waals surface area (Å²) in [6.45, 7) is 0.173. The van der Waals surface area contributed by atoms with Crippen molar-refractivity contribution in [1.82, 2.24) is 4.90 Å². The highest BCUT2D eigenvalue weighted by Gasteiger charge is 2.42. The van der Waals surface area contributed by atoms with Gasteiger partial charge >= 0.3 is 0 Å². The second-order valence-electron chi connectivity index (χ2n) is 6.91. The number of benzene rings is 2. The van der Waals surface area contributed by atoms with Crippen molar-refractivity contribution < 1.29 is 23.8 Å². The first kappa shape index (κ1) is 20.3. The second kappa shape index (κ2) is 8.01. The molecule has 1 amide bonds. The summed E-state index contributed by atoms with van der Waals surface area (Å²) in [5.74, 6) is 0.621. The molecule has 156 valence electrons. The Bertz CT molecular complexity index is 1190. The minimum Gasteiger partial charge on any atom is -0.493 e. The van der Waals surface area contributed by atoms with Crippen LogP contribution in [-0.4, -0.2) is 43.3 Å². The summed E-state index contributed by atoms with van der Waals surface area (Å²) in [4.78, 5) is 28.1. The lowest BCUT2D eigenvalue weighted by Gasteiger charge is -2.25. The fourth-order valence-corrected chi connectivity index (χ4v) is 4.01. The van der Waals surface area contributed by atoms with Crippen molar-refractivity contribution in [2.45, 2.75) is 12.5 Å². The standard InChI is InChI=1S/C22H20ClNO6/c1-28-16-6-4-12(10-17(16)29-2)19-18-20(26)14-11-13(23)5-7-15(14)30-21(18)22(27)24(19)8-3-9-25/h4-7,10-11,19,25H,3,8-9H2,1-2H3. The third kappa shape index (κ3) is 3.20. The predicted molar refractivity (Wildman–Crippen MR) is 112 cm³/mol. The minimum absolute atomic E-state index is 0.00699. The van der Waals surface area contributed by atoms with E-state index < -0.39 is 11.9 Å². The van der Waals surface area contributed by atoms with Gasteiger partial charge in [0.25, 0.3) is 5.91 Å². The third-order valence-corrected chi connectivity index (χ3v) is 5.44. The molecule has 0 aliphatic carbocycles. The number of fused-ring (bicyclic) bond motifs is 2. The molecule has 1 N–H and O–H groups in total. The first-order valence-corrected chi connectivity index (χ1v) is 9.78. The van der Waals surface area contributed by atoms with Crippen molar-refractivity contribution >= 4 is 28.5 Å². The maximum atomic E-state index is 13.4. The molecular weight excluding hydrogens is 410 g/mol. The topological polar surface area (TPSA) is 89.2 Å². The number of carbonyl (C=O) groups excluding carboxylic acids is 1. The fourth-order valence-electron chi connectivity index (χ4n) is 3.83. The summed E-state index contributed by atoms with van der Waals surface area (Å²) < 4.78 is 16.5. The predicted octanol–water partition coefficient (Wildman–Crippen LogP) is 3.39. The molecule has 2 aromatic carbocycles. The molecule has 1 aromatic heterocycles. The molecule has 1 aliphatic rings. The maximum absolute atomic E-state index is 13.4. The third-order valence-electron chi connectivity index (χ3n) is 5.21. The van der Waals surface area contributed by atoms with E-state index in [1.165, 1.54) is 25.2 Å². The van der Waals surface area contributed by atoms with Gasteiger partial charge in [-0.25, -0.2) is 0 Å². The maximum Gasteiger partial charge on any atom is 0.290 e. The zero-order valence-corrected chi connectivity index (χ0v) is 17.2. The highest BCUT2D eigenvalue weighted by Crippen LogP contribution is 2.41. The van der Waals surface area contributed by atoms with Crippen LogP contribution in [0.25, 0.3) is 11.0 Å². The molecule has 1 aliphatic heterocycles. The zero-order valence-electron chi connectivity index (χ0n) is 16.5. The molecule has 2 heterocycles. The number of ether oxygens (including phenoxy) is 2. The van der Waals surface area contributed by atoms with Crippen LogP contribution in [0.3, 0.4) is 0 Å². The van der Waals surface area contributed by atoms with E-state index in [-0.39, 0.29) is 29.9 Å². The number of nitrogens with zero attached hydrogens (tertiary/aromatic N) is 1. The van der Waals surface area contributed by atoms with Crippen molar-refractivity contribution in [1.29, 1.82) is 0 Å². The Hall–Kier alpha value is -3.03. The highest BCUT2D eigenvalue weighted by atomic mass is 35.5. The molecule has 7 nitrogen and oxygen atoms in total. The van der Waals surface area contributed by atoms with Gasteiger partial charge in [-0.3, -0.25) is 9.59 Å². The van der Waals surface area contributed by atoms with E-state index in [1.54, 1.807) is 30.3 Å². The molecular formula is C22H20ClNO6. The van der Waals surface area contributed by atoms with Gasteiger partial charge in [-0.05, 0) is 42.3 Å². The first-order chi connectivity index (χ1) is 14.5. The molecule has 0 saturated carbocycles. The van der Waals surface area contributed by atoms with Gasteiger partial charge in [0.05, 0.1) is 31.2 Å². The number of carbonyl (C=O) groups is 1. The van der Waals surface area contributed by atoms with Crippen LogP contribution in [-0.2, 0) is 0 Å². The van der Waals surface area contributed by atoms with Crippen LogP contribution in [0.5, 0.6) is 11.5 Å². The van der Waals surface area contributed by atoms with Crippen LogP contribution < -0.4 is 14.9 Å². The smallest absolute Gasteiger partial charge is 0.290 e. The monoisotopic (exact) mass is 429 g/mol. The van der Waals surface area contributed by atoms with Gasteiger partial charge in [0.15, 0.2) is 16.9 Å². The largest absolute Gasteiger partial charge is 0.493 e. The van der Waals surface area contributed by atoms with Crippen LogP contribution >= 0.6 is 11.6 Å². The number of hydrogen-bond acceptors (Lipinski definition) is 6. The molecule has 0 radical (unpaired) electrons. The van der Waals surface area contributed by atoms with E-state index in [1.807, 2.05) is 0 Å². The average molecular weight is 430 g/mol. The molecule has 1 atom stereocenters. The summed E-state index contributed by atoms with van der Waals surface area (Å²) in [7, 11) is 3.05. The van der Waals surface area contributed by atoms with Crippen LogP contribution in [0.4, 0.5) is 0 Å². The highest BCUT2D eigenvalue weighted by molar-refractivity contribution is 6.31. The lowest BCUT2D eigenvalue weighted by molar-refractivity contribution is 0.0716. The number of amides is 1. The number of rotatable bonds is 6. The Morgan fingerprint density at radius 3 is 2.57 bits per heavy atom. The lowest BCUT2D eigenvalue weighted by atomic mass is 9.98. The van der Waals surface area contributed by atoms with Crippen LogP contribution in [0.1, 0.15) is 34.1 Å². The minimum atomic E-state index is -0.682. The number of aliphatic hydroxyl groups is 1. The summed E-state index contributed by atoms with van der Waals surface area (Å²) in [6.07, 6.45) is 0.364. The van der Waals surface area contributed by atoms with Gasteiger partial charge in [0.2, 0.25) is 5.76 Å². The molecule has 0 spiro atoms. The van der Waals surface area contributed by atoms with Gasteiger partial charge in [0, 0.05) is 18.2 Å². The average Bonchev–Trinajstić information content (AvgIpc) is 3.04. The SMILES string of the molecule is COc1ccc(C2c3c(oc4ccc(Cl)cc4c3=O)C(=O)N2CCCO)cc1OC. The summed E-state index contributed by atoms with van der Waals surface area (Å²) >= 11 is 6.08. The summed E-state index contributed by atoms with van der Waals surface area (Å²) in [5.41, 5.74) is 0.909. The van der Waals surface area contributed by atoms with Gasteiger partial charge < -0.3 is 23.9 Å². The van der Waals surface area contributed by atoms with Gasteiger partial charge in [-0.1, -0.05) is 17.7 Å². The molecule has 0 bridgehead atoms. The summed E-state index contributed by atoms with van der Waals surface area (Å²) in [6, 6.07) is 9.28. The number of halogens is 1. The fraction of sp³-hybridized carbons (Fsp3) is 0.273. The van der Waals surface area contributed by atoms with Crippen LogP contribution in [0, 0.1) is 0 Å². The molecule has 8 heteroatoms. The zero-order chi connectivity index (χ0) is 21.4. The number of methoxy groups -OCH3 is 2. The Morgan fingerprint density at radius 2 is 1.87 bits per heavy atom. The molecule has 0 fully saturated rings. The first-order valence-electron chi connectivity index (χ1n) is 9.40. The molecule has 30 heavy (non-hydrogen) atoms. The Kier molecular flexibility index (Phi) is 5.40. The Labute approximate surface area is 177 Å². The molecule has 0 saturated heterocycles. The van der Waals surface area contributed by atoms with E-state index in [4.69, 9.17) is 25.5 Å². The summed E-state index contributed by atoms with van der Waals surface area (Å²) in [5, 5.41) is 10.0. The van der Waals surface area contributed by atoms with E-state index in [0.29, 0.717) is 39.5 Å². The van der Waals surface area contributed by atoms with Gasteiger partial charge in [-0.2, -0.15) is 0 Å². The normalized spacial score (nSPS) is 15.5. The van der Waals surface area contributed by atoms with E-state index in [2.05, 4.69) is 0 Å². The molecule has 1 unspecified atom stereocenters. The quantitative estimate of drug-likeness (QED) is 0.646. The van der Waals surface area contributed by atoms with Crippen LogP contribution in [0.2, 0.25) is 5.02 Å². The van der Waals surface area contributed by atoms with Crippen LogP contribution in [0.15, 0.2) is 45.6 Å². The van der Waals surface area contributed by atoms with E-state index in [9.17, 15) is 14.7 Å². The second-order valence-corrected chi connectivity index (χ2v) is 7.34. The lowest BCUT2D eigenvalue weighted by Crippen LogP contribution is -2.31. The van der Waals surface area contributed by atoms with Crippen molar-refractivity contribution in [2.24, 2.45) is 0 Å². The van der Waals surface area contributed by atoms with Crippen molar-refractivity contribution in [3.05, 3.63) is 68.5 Å². The Morgan fingerprint density at radius 1 is 1.10 bits per heavy atom. The number of aliphatic hydroxyl groups excluding tert-OH is 1. The molecule has 4 rings (SSSR count). The molecule has 3 aromatic rings. The van der Waals surface area contributed by atoms with Gasteiger partial charge in [-0.15, -0.1) is 0 Å². The van der Waals surface area contributed by atoms with E-state index >= 15 is 0 Å².